The molecule has 14 heteroatoms. The third-order valence-corrected chi connectivity index (χ3v) is 12.8. The molecule has 2 fully saturated rings. The number of piperidine rings is 1. The van der Waals surface area contributed by atoms with Crippen LogP contribution in [0.3, 0.4) is 0 Å². The van der Waals surface area contributed by atoms with Gasteiger partial charge in [-0.3, -0.25) is 34.1 Å². The molecule has 2 aromatic carbocycles. The summed E-state index contributed by atoms with van der Waals surface area (Å²) in [6, 6.07) is 15.0. The summed E-state index contributed by atoms with van der Waals surface area (Å²) in [4.78, 5) is 59.1. The van der Waals surface area contributed by atoms with Crippen molar-refractivity contribution in [3.05, 3.63) is 86.8 Å². The highest BCUT2D eigenvalue weighted by Gasteiger charge is 2.46. The number of carbonyl (C=O) groups is 4. The average molecular weight is 797 g/mol. The van der Waals surface area contributed by atoms with E-state index >= 15 is 0 Å². The number of benzene rings is 2. The van der Waals surface area contributed by atoms with Crippen molar-refractivity contribution in [1.29, 1.82) is 0 Å². The summed E-state index contributed by atoms with van der Waals surface area (Å²) in [7, 11) is 0. The highest BCUT2D eigenvalue weighted by Crippen LogP contribution is 2.41. The third-order valence-electron chi connectivity index (χ3n) is 11.3. The topological polar surface area (TPSA) is 151 Å². The number of amides is 4. The first-order valence-corrected chi connectivity index (χ1v) is 20.8. The van der Waals surface area contributed by atoms with Gasteiger partial charge < -0.3 is 15.5 Å². The number of aliphatic imine (C=N–C) groups is 1. The number of aryl methyl sites for hydroxylation is 2. The average Bonchev–Trinajstić information content (AvgIpc) is 3.61. The molecule has 294 valence electrons. The number of nitrogens with one attached hydrogen (secondary N) is 3. The Kier molecular flexibility index (Phi) is 12.0. The van der Waals surface area contributed by atoms with Gasteiger partial charge in [0.05, 0.1) is 17.5 Å². The predicted molar refractivity (Wildman–Crippen MR) is 220 cm³/mol. The van der Waals surface area contributed by atoms with Gasteiger partial charge in [-0.25, -0.2) is 0 Å². The van der Waals surface area contributed by atoms with Crippen molar-refractivity contribution in [2.75, 3.05) is 29.9 Å². The molecule has 2 saturated heterocycles. The van der Waals surface area contributed by atoms with Gasteiger partial charge in [-0.15, -0.1) is 21.5 Å². The van der Waals surface area contributed by atoms with Crippen molar-refractivity contribution >= 4 is 63.7 Å². The van der Waals surface area contributed by atoms with Crippen LogP contribution >= 0.6 is 22.9 Å². The van der Waals surface area contributed by atoms with Gasteiger partial charge in [-0.2, -0.15) is 0 Å². The van der Waals surface area contributed by atoms with Crippen molar-refractivity contribution < 1.29 is 19.2 Å². The van der Waals surface area contributed by atoms with Gasteiger partial charge in [0.15, 0.2) is 5.82 Å². The lowest BCUT2D eigenvalue weighted by atomic mass is 9.74. The zero-order valence-corrected chi connectivity index (χ0v) is 33.8. The zero-order chi connectivity index (χ0) is 39.4. The van der Waals surface area contributed by atoms with Crippen LogP contribution in [-0.4, -0.2) is 63.7 Å². The summed E-state index contributed by atoms with van der Waals surface area (Å²) in [5.41, 5.74) is 5.01. The summed E-state index contributed by atoms with van der Waals surface area (Å²) in [5.74, 6) is 0.744. The summed E-state index contributed by atoms with van der Waals surface area (Å²) in [6.07, 6.45) is 7.45. The summed E-state index contributed by atoms with van der Waals surface area (Å²) in [5, 5.41) is 19.6. The molecule has 4 aromatic rings. The van der Waals surface area contributed by atoms with Crippen molar-refractivity contribution in [3.63, 3.8) is 0 Å². The minimum absolute atomic E-state index is 0.0620. The molecule has 1 spiro atoms. The molecule has 3 aliphatic rings. The lowest BCUT2D eigenvalue weighted by Gasteiger charge is -2.39. The van der Waals surface area contributed by atoms with Crippen molar-refractivity contribution in [2.45, 2.75) is 97.4 Å². The van der Waals surface area contributed by atoms with Crippen LogP contribution in [0.2, 0.25) is 5.02 Å². The van der Waals surface area contributed by atoms with E-state index in [0.717, 1.165) is 83.3 Å². The number of rotatable bonds is 13. The van der Waals surface area contributed by atoms with Gasteiger partial charge in [0.1, 0.15) is 16.9 Å². The molecule has 12 nitrogen and oxygen atoms in total. The second-order valence-electron chi connectivity index (χ2n) is 15.2. The molecular weight excluding hydrogens is 748 g/mol. The molecule has 1 unspecified atom stereocenters. The number of thiophene rings is 1. The van der Waals surface area contributed by atoms with Crippen LogP contribution in [0.15, 0.2) is 53.5 Å². The first-order valence-electron chi connectivity index (χ1n) is 19.6. The van der Waals surface area contributed by atoms with E-state index < -0.39 is 11.5 Å². The van der Waals surface area contributed by atoms with E-state index in [4.69, 9.17) is 16.6 Å². The minimum atomic E-state index is -0.777. The Morgan fingerprint density at radius 1 is 0.946 bits per heavy atom. The van der Waals surface area contributed by atoms with Crippen LogP contribution in [0.1, 0.15) is 110 Å². The van der Waals surface area contributed by atoms with E-state index in [1.54, 1.807) is 16.2 Å². The molecule has 2 atom stereocenters. The van der Waals surface area contributed by atoms with Crippen molar-refractivity contribution in [1.82, 2.24) is 25.4 Å². The SMILES string of the molecule is Cc1sc2c(c1C)C(c1ccc(Cl)cc1)=N[C@@H](CC(=O)NCCCCCCCNc1ccc(N3CCC4(CCCC(=O)NC4=O)CC3=O)cc1)c1nnc(C)n1-2. The minimum Gasteiger partial charge on any atom is -0.385 e. The number of halogens is 1. The monoisotopic (exact) mass is 796 g/mol. The molecule has 0 radical (unpaired) electrons. The maximum atomic E-state index is 13.3. The maximum Gasteiger partial charge on any atom is 0.233 e. The van der Waals surface area contributed by atoms with Gasteiger partial charge >= 0.3 is 0 Å². The largest absolute Gasteiger partial charge is 0.385 e. The van der Waals surface area contributed by atoms with Crippen LogP contribution in [0.4, 0.5) is 11.4 Å². The Morgan fingerprint density at radius 2 is 1.68 bits per heavy atom. The van der Waals surface area contributed by atoms with E-state index in [-0.39, 0.29) is 36.5 Å². The van der Waals surface area contributed by atoms with E-state index in [1.807, 2.05) is 55.5 Å². The number of carbonyl (C=O) groups excluding carboxylic acids is 4. The van der Waals surface area contributed by atoms with Gasteiger partial charge in [0.25, 0.3) is 0 Å². The Hall–Kier alpha value is -4.88. The Balaban J connectivity index is 0.835. The summed E-state index contributed by atoms with van der Waals surface area (Å²) < 4.78 is 2.06. The number of nitrogens with zero attached hydrogens (tertiary/aromatic N) is 5. The molecule has 0 bridgehead atoms. The molecule has 0 saturated carbocycles. The van der Waals surface area contributed by atoms with E-state index in [0.29, 0.717) is 49.6 Å². The molecule has 5 heterocycles. The molecule has 4 amide bonds. The van der Waals surface area contributed by atoms with E-state index in [2.05, 4.69) is 44.6 Å². The highest BCUT2D eigenvalue weighted by atomic mass is 35.5. The lowest BCUT2D eigenvalue weighted by molar-refractivity contribution is -0.140. The van der Waals surface area contributed by atoms with Crippen LogP contribution in [0.5, 0.6) is 0 Å². The molecular formula is C42H49ClN8O4S. The molecule has 2 aromatic heterocycles. The fraction of sp³-hybridized carbons (Fsp3) is 0.452. The van der Waals surface area contributed by atoms with Crippen molar-refractivity contribution in [3.8, 4) is 5.00 Å². The van der Waals surface area contributed by atoms with E-state index in [9.17, 15) is 19.2 Å². The highest BCUT2D eigenvalue weighted by molar-refractivity contribution is 7.15. The second-order valence-corrected chi connectivity index (χ2v) is 16.8. The Bertz CT molecular complexity index is 2140. The Morgan fingerprint density at radius 3 is 2.43 bits per heavy atom. The molecule has 3 aliphatic heterocycles. The van der Waals surface area contributed by atoms with Crippen LogP contribution in [0.25, 0.3) is 5.00 Å². The molecule has 3 N–H and O–H groups in total. The number of aromatic nitrogens is 3. The first kappa shape index (κ1) is 39.4. The van der Waals surface area contributed by atoms with Gasteiger partial charge in [-0.05, 0) is 94.8 Å². The number of fused-ring (bicyclic) bond motifs is 3. The second kappa shape index (κ2) is 17.1. The summed E-state index contributed by atoms with van der Waals surface area (Å²) in [6.45, 7) is 8.06. The van der Waals surface area contributed by atoms with Gasteiger partial charge in [-0.1, -0.05) is 43.0 Å². The van der Waals surface area contributed by atoms with Gasteiger partial charge in [0, 0.05) is 64.9 Å². The quantitative estimate of drug-likeness (QED) is 0.0949. The molecule has 0 aliphatic carbocycles. The number of hydrogen-bond donors (Lipinski definition) is 3. The predicted octanol–water partition coefficient (Wildman–Crippen LogP) is 7.31. The first-order chi connectivity index (χ1) is 27.0. The fourth-order valence-corrected chi connectivity index (χ4v) is 9.35. The molecule has 7 rings (SSSR count). The fourth-order valence-electron chi connectivity index (χ4n) is 8.01. The van der Waals surface area contributed by atoms with E-state index in [1.165, 1.54) is 4.88 Å². The lowest BCUT2D eigenvalue weighted by Crippen LogP contribution is -2.51. The zero-order valence-electron chi connectivity index (χ0n) is 32.3. The molecule has 56 heavy (non-hydrogen) atoms. The van der Waals surface area contributed by atoms with Crippen LogP contribution in [0, 0.1) is 26.2 Å². The van der Waals surface area contributed by atoms with Crippen molar-refractivity contribution in [2.24, 2.45) is 10.4 Å². The normalized spacial score (nSPS) is 19.5. The van der Waals surface area contributed by atoms with Crippen LogP contribution in [-0.2, 0) is 19.2 Å². The number of unbranched alkanes of at least 4 members (excludes halogenated alkanes) is 4. The smallest absolute Gasteiger partial charge is 0.233 e. The number of imide groups is 1. The maximum absolute atomic E-state index is 13.3. The third kappa shape index (κ3) is 8.44. The van der Waals surface area contributed by atoms with Gasteiger partial charge in [0.2, 0.25) is 23.6 Å². The number of hydrogen-bond acceptors (Lipinski definition) is 9. The van der Waals surface area contributed by atoms with Crippen LogP contribution < -0.4 is 20.9 Å². The summed E-state index contributed by atoms with van der Waals surface area (Å²) >= 11 is 7.92. The Labute approximate surface area is 336 Å². The number of anilines is 2. The standard InChI is InChI=1S/C42H49ClN8O4S/c1-26-27(2)56-40-37(26)38(29-11-13-30(43)14-12-29)46-33(39-49-48-28(3)51(39)40)24-35(53)45-22-8-6-4-5-7-21-44-31-15-17-32(18-16-31)50-23-20-42(25-36(50)54)19-9-10-34(52)47-41(42)55/h11-18,33,44H,4-10,19-25H2,1-3H3,(H,45,53)(H,47,52,55)/t33-,42?/m0/s1.